The Morgan fingerprint density at radius 3 is 2.32 bits per heavy atom. The van der Waals surface area contributed by atoms with E-state index in [-0.39, 0.29) is 18.0 Å². The lowest BCUT2D eigenvalue weighted by Gasteiger charge is -2.34. The summed E-state index contributed by atoms with van der Waals surface area (Å²) in [5, 5.41) is 0. The molecule has 1 saturated heterocycles. The zero-order valence-corrected chi connectivity index (χ0v) is 16.6. The van der Waals surface area contributed by atoms with Gasteiger partial charge in [-0.05, 0) is 44.7 Å². The van der Waals surface area contributed by atoms with E-state index >= 15 is 0 Å². The van der Waals surface area contributed by atoms with Crippen LogP contribution in [0.2, 0.25) is 0 Å². The summed E-state index contributed by atoms with van der Waals surface area (Å²) in [5.41, 5.74) is 0.686. The predicted molar refractivity (Wildman–Crippen MR) is 104 cm³/mol. The third kappa shape index (κ3) is 3.66. The highest BCUT2D eigenvalue weighted by Gasteiger charge is 2.49. The second-order valence-corrected chi connectivity index (χ2v) is 7.87. The highest BCUT2D eigenvalue weighted by atomic mass is 16.2. The number of benzene rings is 1. The van der Waals surface area contributed by atoms with Crippen molar-refractivity contribution in [2.45, 2.75) is 58.5 Å². The number of carbonyl (C=O) groups excluding carboxylic acids is 4. The summed E-state index contributed by atoms with van der Waals surface area (Å²) in [4.78, 5) is 54.2. The largest absolute Gasteiger partial charge is 0.334 e. The van der Waals surface area contributed by atoms with Crippen molar-refractivity contribution in [3.63, 3.8) is 0 Å². The van der Waals surface area contributed by atoms with Gasteiger partial charge in [0.05, 0.1) is 0 Å². The summed E-state index contributed by atoms with van der Waals surface area (Å²) >= 11 is 0. The van der Waals surface area contributed by atoms with Crippen LogP contribution in [-0.4, -0.2) is 52.2 Å². The van der Waals surface area contributed by atoms with Crippen LogP contribution in [0, 0.1) is 5.92 Å². The SMILES string of the molecule is CC(C)N(C(=O)CN1C(=O)C(=O)N([C@H]2CCCC[C@H]2C)C1=O)c1ccccc1. The Hall–Kier alpha value is -2.70. The summed E-state index contributed by atoms with van der Waals surface area (Å²) in [5.74, 6) is -1.96. The number of para-hydroxylation sites is 1. The Morgan fingerprint density at radius 1 is 1.07 bits per heavy atom. The number of imide groups is 2. The number of hydrogen-bond donors (Lipinski definition) is 0. The van der Waals surface area contributed by atoms with E-state index in [0.717, 1.165) is 29.1 Å². The Kier molecular flexibility index (Phi) is 5.82. The lowest BCUT2D eigenvalue weighted by atomic mass is 9.85. The van der Waals surface area contributed by atoms with Gasteiger partial charge >= 0.3 is 17.8 Å². The molecule has 1 aromatic carbocycles. The van der Waals surface area contributed by atoms with E-state index in [1.165, 1.54) is 4.90 Å². The molecule has 3 rings (SSSR count). The van der Waals surface area contributed by atoms with Gasteiger partial charge < -0.3 is 4.90 Å². The number of rotatable bonds is 5. The van der Waals surface area contributed by atoms with Crippen molar-refractivity contribution in [2.75, 3.05) is 11.4 Å². The second kappa shape index (κ2) is 8.12. The molecule has 0 N–H and O–H groups in total. The van der Waals surface area contributed by atoms with Crippen molar-refractivity contribution in [1.82, 2.24) is 9.80 Å². The van der Waals surface area contributed by atoms with Crippen LogP contribution in [0.5, 0.6) is 0 Å². The van der Waals surface area contributed by atoms with Gasteiger partial charge in [-0.15, -0.1) is 0 Å². The van der Waals surface area contributed by atoms with Crippen LogP contribution in [0.3, 0.4) is 0 Å². The lowest BCUT2D eigenvalue weighted by molar-refractivity contribution is -0.145. The molecule has 1 saturated carbocycles. The maximum atomic E-state index is 12.9. The van der Waals surface area contributed by atoms with Crippen molar-refractivity contribution < 1.29 is 19.2 Å². The summed E-state index contributed by atoms with van der Waals surface area (Å²) in [6.45, 7) is 5.28. The molecule has 0 aromatic heterocycles. The van der Waals surface area contributed by atoms with Gasteiger partial charge in [-0.25, -0.2) is 9.69 Å². The third-order valence-electron chi connectivity index (χ3n) is 5.59. The van der Waals surface area contributed by atoms with Gasteiger partial charge in [0, 0.05) is 17.8 Å². The van der Waals surface area contributed by atoms with Gasteiger partial charge in [0.2, 0.25) is 5.91 Å². The first kappa shape index (κ1) is 20.0. The minimum absolute atomic E-state index is 0.154. The number of hydrogen-bond acceptors (Lipinski definition) is 4. The molecule has 150 valence electrons. The summed E-state index contributed by atoms with van der Waals surface area (Å²) in [6, 6.07) is 7.99. The van der Waals surface area contributed by atoms with Crippen molar-refractivity contribution in [3.05, 3.63) is 30.3 Å². The van der Waals surface area contributed by atoms with Crippen LogP contribution in [0.25, 0.3) is 0 Å². The number of urea groups is 1. The van der Waals surface area contributed by atoms with Crippen LogP contribution < -0.4 is 4.90 Å². The average Bonchev–Trinajstić information content (AvgIpc) is 2.86. The van der Waals surface area contributed by atoms with Gasteiger partial charge in [-0.2, -0.15) is 0 Å². The van der Waals surface area contributed by atoms with Crippen molar-refractivity contribution in [1.29, 1.82) is 0 Å². The maximum absolute atomic E-state index is 12.9. The highest BCUT2D eigenvalue weighted by Crippen LogP contribution is 2.31. The van der Waals surface area contributed by atoms with Crippen molar-refractivity contribution >= 4 is 29.4 Å². The van der Waals surface area contributed by atoms with E-state index in [1.807, 2.05) is 39.0 Å². The zero-order chi connectivity index (χ0) is 20.4. The molecule has 1 aliphatic heterocycles. The quantitative estimate of drug-likeness (QED) is 0.577. The lowest BCUT2D eigenvalue weighted by Crippen LogP contribution is -2.48. The smallest absolute Gasteiger partial charge is 0.308 e. The first-order chi connectivity index (χ1) is 13.3. The van der Waals surface area contributed by atoms with E-state index < -0.39 is 30.3 Å². The summed E-state index contributed by atoms with van der Waals surface area (Å²) in [7, 11) is 0. The monoisotopic (exact) mass is 385 g/mol. The predicted octanol–water partition coefficient (Wildman–Crippen LogP) is 2.80. The van der Waals surface area contributed by atoms with E-state index in [4.69, 9.17) is 0 Å². The van der Waals surface area contributed by atoms with Crippen molar-refractivity contribution in [3.8, 4) is 0 Å². The van der Waals surface area contributed by atoms with E-state index in [9.17, 15) is 19.2 Å². The molecule has 1 heterocycles. The molecular formula is C21H27N3O4. The number of nitrogens with zero attached hydrogens (tertiary/aromatic N) is 3. The van der Waals surface area contributed by atoms with Crippen LogP contribution in [-0.2, 0) is 14.4 Å². The van der Waals surface area contributed by atoms with E-state index in [0.29, 0.717) is 12.1 Å². The van der Waals surface area contributed by atoms with Crippen LogP contribution in [0.4, 0.5) is 10.5 Å². The minimum atomic E-state index is -0.909. The van der Waals surface area contributed by atoms with Crippen LogP contribution in [0.1, 0.15) is 46.5 Å². The number of anilines is 1. The Balaban J connectivity index is 1.79. The Morgan fingerprint density at radius 2 is 1.71 bits per heavy atom. The molecule has 2 fully saturated rings. The first-order valence-electron chi connectivity index (χ1n) is 9.89. The molecule has 0 spiro atoms. The Labute approximate surface area is 165 Å². The van der Waals surface area contributed by atoms with Gasteiger partial charge in [0.15, 0.2) is 0 Å². The third-order valence-corrected chi connectivity index (χ3v) is 5.59. The fourth-order valence-electron chi connectivity index (χ4n) is 4.16. The van der Waals surface area contributed by atoms with Crippen molar-refractivity contribution in [2.24, 2.45) is 5.92 Å². The molecule has 0 unspecified atom stereocenters. The molecule has 7 nitrogen and oxygen atoms in total. The van der Waals surface area contributed by atoms with E-state index in [1.54, 1.807) is 12.1 Å². The molecule has 7 heteroatoms. The summed E-state index contributed by atoms with van der Waals surface area (Å²) < 4.78 is 0. The maximum Gasteiger partial charge on any atom is 0.334 e. The van der Waals surface area contributed by atoms with Crippen LogP contribution >= 0.6 is 0 Å². The fourth-order valence-corrected chi connectivity index (χ4v) is 4.16. The second-order valence-electron chi connectivity index (χ2n) is 7.87. The zero-order valence-electron chi connectivity index (χ0n) is 16.6. The van der Waals surface area contributed by atoms with Crippen LogP contribution in [0.15, 0.2) is 30.3 Å². The topological polar surface area (TPSA) is 78.0 Å². The normalized spacial score (nSPS) is 22.9. The molecule has 0 radical (unpaired) electrons. The van der Waals surface area contributed by atoms with Gasteiger partial charge in [0.25, 0.3) is 0 Å². The average molecular weight is 385 g/mol. The molecular weight excluding hydrogens is 358 g/mol. The summed E-state index contributed by atoms with van der Waals surface area (Å²) in [6.07, 6.45) is 3.61. The fraction of sp³-hybridized carbons (Fsp3) is 0.524. The van der Waals surface area contributed by atoms with Gasteiger partial charge in [0.1, 0.15) is 6.54 Å². The van der Waals surface area contributed by atoms with E-state index in [2.05, 4.69) is 0 Å². The Bertz CT molecular complexity index is 777. The molecule has 1 aromatic rings. The minimum Gasteiger partial charge on any atom is -0.308 e. The molecule has 28 heavy (non-hydrogen) atoms. The standard InChI is InChI=1S/C21H27N3O4/c1-14(2)23(16-10-5-4-6-11-16)18(25)13-22-19(26)20(27)24(21(22)28)17-12-8-7-9-15(17)3/h4-6,10-11,14-15,17H,7-9,12-13H2,1-3H3/t15-,17+/m1/s1. The first-order valence-corrected chi connectivity index (χ1v) is 9.89. The molecule has 2 atom stereocenters. The van der Waals surface area contributed by atoms with Gasteiger partial charge in [-0.1, -0.05) is 38.0 Å². The molecule has 2 aliphatic rings. The van der Waals surface area contributed by atoms with Gasteiger partial charge in [-0.3, -0.25) is 19.3 Å². The number of amides is 5. The number of carbonyl (C=O) groups is 4. The molecule has 1 aliphatic carbocycles. The highest BCUT2D eigenvalue weighted by molar-refractivity contribution is 6.45. The molecule has 5 amide bonds. The molecule has 0 bridgehead atoms.